The van der Waals surface area contributed by atoms with Crippen molar-refractivity contribution in [1.82, 2.24) is 10.2 Å². The molecule has 1 heterocycles. The second kappa shape index (κ2) is 9.49. The van der Waals surface area contributed by atoms with Crippen LogP contribution in [0.25, 0.3) is 0 Å². The third-order valence-electron chi connectivity index (χ3n) is 6.36. The van der Waals surface area contributed by atoms with Crippen molar-refractivity contribution in [3.8, 4) is 5.75 Å². The Hall–Kier alpha value is -3.60. The third-order valence-corrected chi connectivity index (χ3v) is 6.36. The van der Waals surface area contributed by atoms with Gasteiger partial charge in [-0.05, 0) is 61.2 Å². The number of fused-ring (bicyclic) bond motifs is 1. The Labute approximate surface area is 195 Å². The first-order chi connectivity index (χ1) is 15.9. The van der Waals surface area contributed by atoms with Gasteiger partial charge in [0.15, 0.2) is 0 Å². The summed E-state index contributed by atoms with van der Waals surface area (Å²) in [5.74, 6) is 0.465. The van der Waals surface area contributed by atoms with Crippen LogP contribution in [0.2, 0.25) is 0 Å². The minimum absolute atomic E-state index is 0.132. The molecule has 0 fully saturated rings. The van der Waals surface area contributed by atoms with E-state index in [1.165, 1.54) is 0 Å². The summed E-state index contributed by atoms with van der Waals surface area (Å²) in [6.45, 7) is 7.14. The van der Waals surface area contributed by atoms with Gasteiger partial charge < -0.3 is 15.0 Å². The molecule has 0 radical (unpaired) electrons. The minimum Gasteiger partial charge on any atom is -0.494 e. The molecule has 3 aromatic carbocycles. The SMILES string of the molecule is CCOc1cccc(CN2C(=O)c3ccccc3C[C@@]2(C)C(=O)NCc2ccccc2C)c1. The number of amides is 2. The van der Waals surface area contributed by atoms with Crippen LogP contribution < -0.4 is 10.1 Å². The second-order valence-corrected chi connectivity index (χ2v) is 8.69. The fraction of sp³-hybridized carbons (Fsp3) is 0.286. The van der Waals surface area contributed by atoms with E-state index in [1.807, 2.05) is 93.6 Å². The Bertz CT molecular complexity index is 1170. The molecule has 0 aromatic heterocycles. The molecule has 0 spiro atoms. The molecule has 2 amide bonds. The zero-order chi connectivity index (χ0) is 23.4. The molecule has 0 bridgehead atoms. The highest BCUT2D eigenvalue weighted by molar-refractivity contribution is 6.02. The van der Waals surface area contributed by atoms with Crippen LogP contribution in [-0.4, -0.2) is 28.9 Å². The van der Waals surface area contributed by atoms with Crippen molar-refractivity contribution in [1.29, 1.82) is 0 Å². The summed E-state index contributed by atoms with van der Waals surface area (Å²) in [4.78, 5) is 28.9. The molecule has 1 aliphatic heterocycles. The number of benzene rings is 3. The van der Waals surface area contributed by atoms with Gasteiger partial charge in [-0.2, -0.15) is 0 Å². The zero-order valence-electron chi connectivity index (χ0n) is 19.4. The summed E-state index contributed by atoms with van der Waals surface area (Å²) in [6, 6.07) is 23.3. The van der Waals surface area contributed by atoms with Crippen LogP contribution >= 0.6 is 0 Å². The van der Waals surface area contributed by atoms with Gasteiger partial charge in [-0.1, -0.05) is 54.6 Å². The van der Waals surface area contributed by atoms with Crippen molar-refractivity contribution in [2.24, 2.45) is 0 Å². The van der Waals surface area contributed by atoms with Crippen LogP contribution in [0.4, 0.5) is 0 Å². The normalized spacial score (nSPS) is 17.4. The molecule has 0 saturated carbocycles. The molecule has 0 aliphatic carbocycles. The highest BCUT2D eigenvalue weighted by Gasteiger charge is 2.46. The third kappa shape index (κ3) is 4.63. The molecule has 0 saturated heterocycles. The van der Waals surface area contributed by atoms with Gasteiger partial charge in [0.25, 0.3) is 5.91 Å². The van der Waals surface area contributed by atoms with Gasteiger partial charge in [0.05, 0.1) is 6.61 Å². The quantitative estimate of drug-likeness (QED) is 0.579. The van der Waals surface area contributed by atoms with Crippen molar-refractivity contribution >= 4 is 11.8 Å². The lowest BCUT2D eigenvalue weighted by Crippen LogP contribution is -2.62. The summed E-state index contributed by atoms with van der Waals surface area (Å²) >= 11 is 0. The monoisotopic (exact) mass is 442 g/mol. The molecule has 4 rings (SSSR count). The Morgan fingerprint density at radius 1 is 1.06 bits per heavy atom. The van der Waals surface area contributed by atoms with Gasteiger partial charge >= 0.3 is 0 Å². The predicted molar refractivity (Wildman–Crippen MR) is 129 cm³/mol. The van der Waals surface area contributed by atoms with Crippen LogP contribution in [-0.2, 0) is 24.3 Å². The van der Waals surface area contributed by atoms with E-state index in [4.69, 9.17) is 4.74 Å². The summed E-state index contributed by atoms with van der Waals surface area (Å²) in [5.41, 5.74) is 3.64. The Morgan fingerprint density at radius 2 is 1.82 bits per heavy atom. The average molecular weight is 443 g/mol. The molecule has 5 nitrogen and oxygen atoms in total. The molecular formula is C28H30N2O3. The Kier molecular flexibility index (Phi) is 6.50. The second-order valence-electron chi connectivity index (χ2n) is 8.69. The van der Waals surface area contributed by atoms with Crippen molar-refractivity contribution in [3.05, 3.63) is 101 Å². The van der Waals surface area contributed by atoms with Crippen LogP contribution in [0.15, 0.2) is 72.8 Å². The lowest BCUT2D eigenvalue weighted by atomic mass is 9.82. The number of hydrogen-bond acceptors (Lipinski definition) is 3. The van der Waals surface area contributed by atoms with Crippen molar-refractivity contribution in [2.75, 3.05) is 6.61 Å². The number of aryl methyl sites for hydroxylation is 1. The Balaban J connectivity index is 1.65. The molecule has 3 aromatic rings. The highest BCUT2D eigenvalue weighted by Crippen LogP contribution is 2.33. The lowest BCUT2D eigenvalue weighted by molar-refractivity contribution is -0.132. The summed E-state index contributed by atoms with van der Waals surface area (Å²) in [5, 5.41) is 3.09. The topological polar surface area (TPSA) is 58.6 Å². The van der Waals surface area contributed by atoms with E-state index >= 15 is 0 Å². The van der Waals surface area contributed by atoms with E-state index in [0.717, 1.165) is 28.0 Å². The van der Waals surface area contributed by atoms with E-state index < -0.39 is 5.54 Å². The largest absolute Gasteiger partial charge is 0.494 e. The van der Waals surface area contributed by atoms with Crippen molar-refractivity contribution < 1.29 is 14.3 Å². The first kappa shape index (κ1) is 22.6. The van der Waals surface area contributed by atoms with Crippen LogP contribution in [0.1, 0.15) is 46.5 Å². The maximum Gasteiger partial charge on any atom is 0.255 e. The van der Waals surface area contributed by atoms with Gasteiger partial charge in [0.2, 0.25) is 5.91 Å². The predicted octanol–water partition coefficient (Wildman–Crippen LogP) is 4.67. The van der Waals surface area contributed by atoms with E-state index in [0.29, 0.717) is 31.7 Å². The molecule has 5 heteroatoms. The molecule has 0 unspecified atom stereocenters. The molecule has 1 aliphatic rings. The van der Waals surface area contributed by atoms with E-state index in [9.17, 15) is 9.59 Å². The number of hydrogen-bond donors (Lipinski definition) is 1. The number of carbonyl (C=O) groups excluding carboxylic acids is 2. The average Bonchev–Trinajstić information content (AvgIpc) is 2.81. The van der Waals surface area contributed by atoms with Crippen LogP contribution in [0.3, 0.4) is 0 Å². The van der Waals surface area contributed by atoms with Gasteiger partial charge in [-0.3, -0.25) is 9.59 Å². The fourth-order valence-electron chi connectivity index (χ4n) is 4.43. The Morgan fingerprint density at radius 3 is 2.61 bits per heavy atom. The maximum atomic E-state index is 13.6. The number of ether oxygens (including phenoxy) is 1. The number of nitrogens with zero attached hydrogens (tertiary/aromatic N) is 1. The molecular weight excluding hydrogens is 412 g/mol. The first-order valence-electron chi connectivity index (χ1n) is 11.4. The molecule has 1 N–H and O–H groups in total. The summed E-state index contributed by atoms with van der Waals surface area (Å²) in [6.07, 6.45) is 0.458. The summed E-state index contributed by atoms with van der Waals surface area (Å²) < 4.78 is 5.63. The minimum atomic E-state index is -1.02. The van der Waals surface area contributed by atoms with Gasteiger partial charge in [-0.15, -0.1) is 0 Å². The summed E-state index contributed by atoms with van der Waals surface area (Å²) in [7, 11) is 0. The maximum absolute atomic E-state index is 13.6. The first-order valence-corrected chi connectivity index (χ1v) is 11.4. The van der Waals surface area contributed by atoms with Gasteiger partial charge in [0.1, 0.15) is 11.3 Å². The molecule has 1 atom stereocenters. The molecule has 170 valence electrons. The zero-order valence-corrected chi connectivity index (χ0v) is 19.4. The van der Waals surface area contributed by atoms with E-state index in [2.05, 4.69) is 5.32 Å². The fourth-order valence-corrected chi connectivity index (χ4v) is 4.43. The number of carbonyl (C=O) groups is 2. The van der Waals surface area contributed by atoms with E-state index in [1.54, 1.807) is 4.90 Å². The highest BCUT2D eigenvalue weighted by atomic mass is 16.5. The smallest absolute Gasteiger partial charge is 0.255 e. The number of rotatable bonds is 7. The van der Waals surface area contributed by atoms with Crippen molar-refractivity contribution in [3.63, 3.8) is 0 Å². The number of nitrogens with one attached hydrogen (secondary N) is 1. The standard InChI is InChI=1S/C28H30N2O3/c1-4-33-24-14-9-11-21(16-24)19-30-26(31)25-15-8-7-12-22(25)17-28(30,3)27(32)29-18-23-13-6-5-10-20(23)2/h5-16H,4,17-19H2,1-3H3,(H,29,32)/t28-/m0/s1. The van der Waals surface area contributed by atoms with Gasteiger partial charge in [0, 0.05) is 25.1 Å². The van der Waals surface area contributed by atoms with Crippen LogP contribution in [0, 0.1) is 6.92 Å². The lowest BCUT2D eigenvalue weighted by Gasteiger charge is -2.44. The molecule has 33 heavy (non-hydrogen) atoms. The van der Waals surface area contributed by atoms with Crippen molar-refractivity contribution in [2.45, 2.75) is 45.8 Å². The van der Waals surface area contributed by atoms with Gasteiger partial charge in [-0.25, -0.2) is 0 Å². The van der Waals surface area contributed by atoms with E-state index in [-0.39, 0.29) is 11.8 Å². The van der Waals surface area contributed by atoms with Crippen LogP contribution in [0.5, 0.6) is 5.75 Å².